The monoisotopic (exact) mass is 307 g/mol. The van der Waals surface area contributed by atoms with Gasteiger partial charge in [-0.2, -0.15) is 9.57 Å². The second kappa shape index (κ2) is 5.47. The maximum absolute atomic E-state index is 12.7. The molecule has 1 fully saturated rings. The van der Waals surface area contributed by atoms with Crippen LogP contribution in [0.5, 0.6) is 0 Å². The molecule has 0 spiro atoms. The summed E-state index contributed by atoms with van der Waals surface area (Å²) >= 11 is 0. The molecule has 1 aromatic rings. The highest BCUT2D eigenvalue weighted by molar-refractivity contribution is 7.89. The van der Waals surface area contributed by atoms with E-state index in [1.807, 2.05) is 6.07 Å². The molecule has 1 aliphatic heterocycles. The molecule has 1 aromatic carbocycles. The first-order valence-electron chi connectivity index (χ1n) is 6.57. The van der Waals surface area contributed by atoms with Crippen LogP contribution in [-0.4, -0.2) is 37.3 Å². The van der Waals surface area contributed by atoms with Crippen molar-refractivity contribution in [2.75, 3.05) is 13.1 Å². The van der Waals surface area contributed by atoms with E-state index < -0.39 is 15.6 Å². The van der Waals surface area contributed by atoms with Crippen molar-refractivity contribution < 1.29 is 13.2 Å². The summed E-state index contributed by atoms with van der Waals surface area (Å²) in [6.45, 7) is 3.71. The molecule has 112 valence electrons. The fraction of sp³-hybridized carbons (Fsp3) is 0.429. The van der Waals surface area contributed by atoms with Gasteiger partial charge in [0.05, 0.1) is 17.4 Å². The predicted molar refractivity (Wildman–Crippen MR) is 76.7 cm³/mol. The highest BCUT2D eigenvalue weighted by atomic mass is 32.2. The number of piperazine rings is 1. The molecule has 1 amide bonds. The van der Waals surface area contributed by atoms with E-state index in [1.165, 1.54) is 16.4 Å². The normalized spacial score (nSPS) is 18.8. The number of nitriles is 1. The van der Waals surface area contributed by atoms with Gasteiger partial charge >= 0.3 is 0 Å². The van der Waals surface area contributed by atoms with Gasteiger partial charge in [-0.25, -0.2) is 8.42 Å². The molecular weight excluding hydrogens is 290 g/mol. The lowest BCUT2D eigenvalue weighted by atomic mass is 10.0. The van der Waals surface area contributed by atoms with Crippen LogP contribution in [0.15, 0.2) is 29.2 Å². The maximum atomic E-state index is 12.7. The molecule has 0 aliphatic carbocycles. The lowest BCUT2D eigenvalue weighted by molar-refractivity contribution is -0.131. The fourth-order valence-electron chi connectivity index (χ4n) is 2.30. The SMILES string of the molecule is CC1(C)C(=O)NCCN1S(=O)(=O)c1ccc(CC#N)cc1. The number of hydrogen-bond donors (Lipinski definition) is 1. The topological polar surface area (TPSA) is 90.3 Å². The lowest BCUT2D eigenvalue weighted by Crippen LogP contribution is -2.63. The summed E-state index contributed by atoms with van der Waals surface area (Å²) in [6, 6.07) is 8.20. The number of carbonyl (C=O) groups excluding carboxylic acids is 1. The van der Waals surface area contributed by atoms with Crippen molar-refractivity contribution >= 4 is 15.9 Å². The summed E-state index contributed by atoms with van der Waals surface area (Å²) in [5.41, 5.74) is -0.366. The van der Waals surface area contributed by atoms with Crippen molar-refractivity contribution in [2.45, 2.75) is 30.7 Å². The highest BCUT2D eigenvalue weighted by Crippen LogP contribution is 2.26. The van der Waals surface area contributed by atoms with Crippen LogP contribution < -0.4 is 5.32 Å². The Morgan fingerprint density at radius 1 is 1.33 bits per heavy atom. The van der Waals surface area contributed by atoms with Crippen molar-refractivity contribution in [1.82, 2.24) is 9.62 Å². The van der Waals surface area contributed by atoms with Crippen LogP contribution in [0.4, 0.5) is 0 Å². The summed E-state index contributed by atoms with van der Waals surface area (Å²) in [5.74, 6) is -0.307. The van der Waals surface area contributed by atoms with E-state index in [4.69, 9.17) is 5.26 Å². The van der Waals surface area contributed by atoms with Crippen molar-refractivity contribution in [3.63, 3.8) is 0 Å². The molecule has 21 heavy (non-hydrogen) atoms. The van der Waals surface area contributed by atoms with Gasteiger partial charge in [-0.3, -0.25) is 4.79 Å². The lowest BCUT2D eigenvalue weighted by Gasteiger charge is -2.39. The number of amides is 1. The predicted octanol–water partition coefficient (Wildman–Crippen LogP) is 0.652. The summed E-state index contributed by atoms with van der Waals surface area (Å²) < 4.78 is 26.6. The Balaban J connectivity index is 2.37. The Hall–Kier alpha value is -1.91. The van der Waals surface area contributed by atoms with Gasteiger partial charge in [0.2, 0.25) is 15.9 Å². The second-order valence-corrected chi connectivity index (χ2v) is 7.23. The third kappa shape index (κ3) is 2.77. The summed E-state index contributed by atoms with van der Waals surface area (Å²) in [7, 11) is -3.74. The molecule has 0 unspecified atom stereocenters. The first-order valence-corrected chi connectivity index (χ1v) is 8.01. The van der Waals surface area contributed by atoms with Crippen LogP contribution in [0.2, 0.25) is 0 Å². The van der Waals surface area contributed by atoms with E-state index in [2.05, 4.69) is 5.32 Å². The number of rotatable bonds is 3. The van der Waals surface area contributed by atoms with Gasteiger partial charge in [0.15, 0.2) is 0 Å². The number of nitrogens with zero attached hydrogens (tertiary/aromatic N) is 2. The van der Waals surface area contributed by atoms with Gasteiger partial charge in [0.1, 0.15) is 5.54 Å². The smallest absolute Gasteiger partial charge is 0.244 e. The molecule has 0 aromatic heterocycles. The molecule has 0 saturated carbocycles. The Bertz CT molecular complexity index is 687. The number of nitrogens with one attached hydrogen (secondary N) is 1. The molecule has 0 bridgehead atoms. The van der Waals surface area contributed by atoms with Crippen molar-refractivity contribution in [3.05, 3.63) is 29.8 Å². The van der Waals surface area contributed by atoms with Gasteiger partial charge in [-0.1, -0.05) is 12.1 Å². The minimum absolute atomic E-state index is 0.131. The Morgan fingerprint density at radius 3 is 2.52 bits per heavy atom. The number of hydrogen-bond acceptors (Lipinski definition) is 4. The molecule has 1 saturated heterocycles. The number of benzene rings is 1. The van der Waals surface area contributed by atoms with E-state index in [1.54, 1.807) is 26.0 Å². The zero-order valence-corrected chi connectivity index (χ0v) is 12.8. The third-order valence-electron chi connectivity index (χ3n) is 3.57. The van der Waals surface area contributed by atoms with Crippen molar-refractivity contribution in [3.8, 4) is 6.07 Å². The van der Waals surface area contributed by atoms with Crippen LogP contribution in [0.1, 0.15) is 19.4 Å². The first kappa shape index (κ1) is 15.5. The Morgan fingerprint density at radius 2 is 1.95 bits per heavy atom. The first-order chi connectivity index (χ1) is 9.80. The van der Waals surface area contributed by atoms with Gasteiger partial charge in [0, 0.05) is 13.1 Å². The standard InChI is InChI=1S/C14H17N3O3S/c1-14(2)13(18)16-9-10-17(14)21(19,20)12-5-3-11(4-6-12)7-8-15/h3-6H,7,9-10H2,1-2H3,(H,16,18). The largest absolute Gasteiger partial charge is 0.353 e. The summed E-state index contributed by atoms with van der Waals surface area (Å²) in [5, 5.41) is 11.3. The molecule has 1 heterocycles. The van der Waals surface area contributed by atoms with E-state index in [0.717, 1.165) is 5.56 Å². The second-order valence-electron chi connectivity index (χ2n) is 5.37. The summed E-state index contributed by atoms with van der Waals surface area (Å²) in [6.07, 6.45) is 0.234. The minimum atomic E-state index is -3.74. The molecule has 6 nitrogen and oxygen atoms in total. The van der Waals surface area contributed by atoms with E-state index in [-0.39, 0.29) is 23.8 Å². The quantitative estimate of drug-likeness (QED) is 0.888. The van der Waals surface area contributed by atoms with E-state index >= 15 is 0 Å². The van der Waals surface area contributed by atoms with Crippen LogP contribution in [0.3, 0.4) is 0 Å². The van der Waals surface area contributed by atoms with Gasteiger partial charge < -0.3 is 5.32 Å². The van der Waals surface area contributed by atoms with Crippen LogP contribution in [-0.2, 0) is 21.2 Å². The zero-order chi connectivity index (χ0) is 15.7. The number of carbonyl (C=O) groups is 1. The average molecular weight is 307 g/mol. The van der Waals surface area contributed by atoms with Gasteiger partial charge in [-0.15, -0.1) is 0 Å². The van der Waals surface area contributed by atoms with E-state index in [9.17, 15) is 13.2 Å². The van der Waals surface area contributed by atoms with Gasteiger partial charge in [0.25, 0.3) is 0 Å². The molecule has 0 radical (unpaired) electrons. The zero-order valence-electron chi connectivity index (χ0n) is 12.0. The fourth-order valence-corrected chi connectivity index (χ4v) is 4.05. The molecule has 0 atom stereocenters. The van der Waals surface area contributed by atoms with Gasteiger partial charge in [-0.05, 0) is 31.5 Å². The van der Waals surface area contributed by atoms with Crippen LogP contribution >= 0.6 is 0 Å². The molecular formula is C14H17N3O3S. The maximum Gasteiger partial charge on any atom is 0.244 e. The van der Waals surface area contributed by atoms with Crippen LogP contribution in [0, 0.1) is 11.3 Å². The molecule has 1 N–H and O–H groups in total. The molecule has 7 heteroatoms. The van der Waals surface area contributed by atoms with E-state index in [0.29, 0.717) is 6.54 Å². The van der Waals surface area contributed by atoms with Crippen molar-refractivity contribution in [1.29, 1.82) is 5.26 Å². The van der Waals surface area contributed by atoms with Crippen LogP contribution in [0.25, 0.3) is 0 Å². The third-order valence-corrected chi connectivity index (χ3v) is 5.66. The highest BCUT2D eigenvalue weighted by Gasteiger charge is 2.44. The minimum Gasteiger partial charge on any atom is -0.353 e. The average Bonchev–Trinajstić information content (AvgIpc) is 2.42. The van der Waals surface area contributed by atoms with Crippen molar-refractivity contribution in [2.24, 2.45) is 0 Å². The molecule has 2 rings (SSSR count). The Labute approximate surface area is 124 Å². The molecule has 1 aliphatic rings. The number of sulfonamides is 1. The Kier molecular flexibility index (Phi) is 4.03. The summed E-state index contributed by atoms with van der Waals surface area (Å²) in [4.78, 5) is 12.0.